The molecule has 0 spiro atoms. The van der Waals surface area contributed by atoms with Crippen molar-refractivity contribution >= 4 is 45.1 Å². The fraction of sp³-hybridized carbons (Fsp3) is 0.500. The van der Waals surface area contributed by atoms with Crippen LogP contribution in [-0.2, 0) is 29.1 Å². The number of nitrogens with zero attached hydrogens (tertiary/aromatic N) is 1. The molecular weight excluding hydrogens is 435 g/mol. The first-order valence-corrected chi connectivity index (χ1v) is 10.5. The Morgan fingerprint density at radius 2 is 1.93 bits per heavy atom. The molecule has 9 nitrogen and oxygen atoms in total. The Bertz CT molecular complexity index is 826. The summed E-state index contributed by atoms with van der Waals surface area (Å²) in [5, 5.41) is 9.99. The summed E-state index contributed by atoms with van der Waals surface area (Å²) in [5.74, 6) is -1.52. The van der Waals surface area contributed by atoms with Crippen LogP contribution in [0.15, 0.2) is 23.1 Å². The van der Waals surface area contributed by atoms with E-state index in [0.717, 1.165) is 6.07 Å². The van der Waals surface area contributed by atoms with E-state index >= 15 is 0 Å². The van der Waals surface area contributed by atoms with E-state index in [2.05, 4.69) is 4.72 Å². The predicted molar refractivity (Wildman–Crippen MR) is 101 cm³/mol. The zero-order valence-corrected chi connectivity index (χ0v) is 17.3. The Kier molecular flexibility index (Phi) is 8.05. The number of amides is 1. The predicted octanol–water partition coefficient (Wildman–Crippen LogP) is 0.423. The third kappa shape index (κ3) is 6.03. The number of hydrogen-bond donors (Lipinski definition) is 2. The fourth-order valence-corrected chi connectivity index (χ4v) is 4.00. The van der Waals surface area contributed by atoms with Gasteiger partial charge in [0.05, 0.1) is 34.3 Å². The van der Waals surface area contributed by atoms with Crippen molar-refractivity contribution < 1.29 is 32.6 Å². The lowest BCUT2D eigenvalue weighted by Gasteiger charge is -2.27. The Hall–Kier alpha value is -1.43. The molecule has 2 N–H and O–H groups in total. The number of nitrogens with one attached hydrogen (secondary N) is 1. The van der Waals surface area contributed by atoms with Crippen molar-refractivity contribution in [3.63, 3.8) is 0 Å². The second kappa shape index (κ2) is 9.86. The second-order valence-corrected chi connectivity index (χ2v) is 8.54. The van der Waals surface area contributed by atoms with Crippen LogP contribution >= 0.6 is 23.2 Å². The molecule has 156 valence electrons. The average Bonchev–Trinajstić information content (AvgIpc) is 2.66. The van der Waals surface area contributed by atoms with Gasteiger partial charge < -0.3 is 19.5 Å². The number of aliphatic hydroxyl groups excluding tert-OH is 1. The molecule has 0 aliphatic carbocycles. The average molecular weight is 455 g/mol. The van der Waals surface area contributed by atoms with Crippen LogP contribution in [-0.4, -0.2) is 75.4 Å². The third-order valence-electron chi connectivity index (χ3n) is 3.92. The number of sulfonamides is 1. The Balaban J connectivity index is 2.03. The molecule has 0 bridgehead atoms. The summed E-state index contributed by atoms with van der Waals surface area (Å²) in [6.07, 6.45) is -1.41. The van der Waals surface area contributed by atoms with Crippen molar-refractivity contribution in [2.45, 2.75) is 24.0 Å². The van der Waals surface area contributed by atoms with E-state index < -0.39 is 40.7 Å². The molecule has 0 radical (unpaired) electrons. The van der Waals surface area contributed by atoms with E-state index in [9.17, 15) is 23.1 Å². The monoisotopic (exact) mass is 454 g/mol. The molecule has 2 atom stereocenters. The molecule has 0 saturated carbocycles. The standard InChI is InChI=1S/C16H20Cl2N2O7S/c1-10(21)15(16(23)27-9-14(22)20-4-6-26-7-5-20)19-28(24,25)11-2-3-12(17)13(18)8-11/h2-3,8,10,15,19,21H,4-7,9H2,1H3. The number of carbonyl (C=O) groups excluding carboxylic acids is 2. The molecule has 1 saturated heterocycles. The maximum Gasteiger partial charge on any atom is 0.327 e. The number of carbonyl (C=O) groups is 2. The van der Waals surface area contributed by atoms with Crippen molar-refractivity contribution in [1.29, 1.82) is 0 Å². The van der Waals surface area contributed by atoms with Crippen LogP contribution in [0.2, 0.25) is 10.0 Å². The first kappa shape index (κ1) is 22.9. The van der Waals surface area contributed by atoms with Crippen LogP contribution in [0.4, 0.5) is 0 Å². The smallest absolute Gasteiger partial charge is 0.327 e. The molecule has 1 aromatic carbocycles. The molecule has 1 aliphatic heterocycles. The lowest BCUT2D eigenvalue weighted by molar-refractivity contribution is -0.156. The second-order valence-electron chi connectivity index (χ2n) is 6.02. The van der Waals surface area contributed by atoms with Crippen molar-refractivity contribution in [3.05, 3.63) is 28.2 Å². The van der Waals surface area contributed by atoms with Gasteiger partial charge in [0.15, 0.2) is 6.61 Å². The SMILES string of the molecule is CC(O)C(NS(=O)(=O)c1ccc(Cl)c(Cl)c1)C(=O)OCC(=O)N1CCOCC1. The Morgan fingerprint density at radius 1 is 1.29 bits per heavy atom. The van der Waals surface area contributed by atoms with Crippen LogP contribution < -0.4 is 4.72 Å². The van der Waals surface area contributed by atoms with Gasteiger partial charge in [-0.3, -0.25) is 9.59 Å². The summed E-state index contributed by atoms with van der Waals surface area (Å²) in [6.45, 7) is 2.17. The molecule has 2 rings (SSSR count). The molecule has 1 aliphatic rings. The quantitative estimate of drug-likeness (QED) is 0.572. The summed E-state index contributed by atoms with van der Waals surface area (Å²) >= 11 is 11.6. The first-order valence-electron chi connectivity index (χ1n) is 8.29. The Morgan fingerprint density at radius 3 is 2.50 bits per heavy atom. The molecule has 1 amide bonds. The topological polar surface area (TPSA) is 122 Å². The van der Waals surface area contributed by atoms with Gasteiger partial charge >= 0.3 is 5.97 Å². The van der Waals surface area contributed by atoms with E-state index in [4.69, 9.17) is 32.7 Å². The fourth-order valence-electron chi connectivity index (χ4n) is 2.35. The highest BCUT2D eigenvalue weighted by molar-refractivity contribution is 7.89. The van der Waals surface area contributed by atoms with E-state index in [1.165, 1.54) is 24.0 Å². The third-order valence-corrected chi connectivity index (χ3v) is 6.10. The van der Waals surface area contributed by atoms with Gasteiger partial charge in [-0.2, -0.15) is 4.72 Å². The summed E-state index contributed by atoms with van der Waals surface area (Å²) in [7, 11) is -4.21. The van der Waals surface area contributed by atoms with Crippen LogP contribution in [0.1, 0.15) is 6.92 Å². The summed E-state index contributed by atoms with van der Waals surface area (Å²) in [5.41, 5.74) is 0. The van der Waals surface area contributed by atoms with Gasteiger partial charge in [-0.1, -0.05) is 23.2 Å². The molecule has 1 heterocycles. The largest absolute Gasteiger partial charge is 0.454 e. The van der Waals surface area contributed by atoms with Gasteiger partial charge in [-0.25, -0.2) is 8.42 Å². The van der Waals surface area contributed by atoms with E-state index in [-0.39, 0.29) is 14.9 Å². The number of rotatable bonds is 7. The first-order chi connectivity index (χ1) is 13.1. The number of halogens is 2. The highest BCUT2D eigenvalue weighted by atomic mass is 35.5. The van der Waals surface area contributed by atoms with Gasteiger partial charge in [0.2, 0.25) is 10.0 Å². The van der Waals surface area contributed by atoms with Gasteiger partial charge in [-0.05, 0) is 25.1 Å². The summed E-state index contributed by atoms with van der Waals surface area (Å²) < 4.78 is 37.0. The zero-order valence-electron chi connectivity index (χ0n) is 14.9. The minimum atomic E-state index is -4.21. The molecule has 1 fully saturated rings. The summed E-state index contributed by atoms with van der Waals surface area (Å²) in [4.78, 5) is 25.5. The number of ether oxygens (including phenoxy) is 2. The number of esters is 1. The van der Waals surface area contributed by atoms with Gasteiger partial charge in [-0.15, -0.1) is 0 Å². The Labute approximate surface area is 172 Å². The van der Waals surface area contributed by atoms with E-state index in [1.54, 1.807) is 0 Å². The van der Waals surface area contributed by atoms with E-state index in [0.29, 0.717) is 26.3 Å². The van der Waals surface area contributed by atoms with Crippen LogP contribution in [0.3, 0.4) is 0 Å². The van der Waals surface area contributed by atoms with Crippen molar-refractivity contribution in [2.75, 3.05) is 32.9 Å². The zero-order chi connectivity index (χ0) is 20.9. The highest BCUT2D eigenvalue weighted by Gasteiger charge is 2.32. The van der Waals surface area contributed by atoms with Crippen molar-refractivity contribution in [2.24, 2.45) is 0 Å². The number of morpholine rings is 1. The van der Waals surface area contributed by atoms with Crippen LogP contribution in [0, 0.1) is 0 Å². The lowest BCUT2D eigenvalue weighted by Crippen LogP contribution is -2.49. The molecule has 1 aromatic rings. The molecule has 28 heavy (non-hydrogen) atoms. The normalized spacial score (nSPS) is 17.1. The summed E-state index contributed by atoms with van der Waals surface area (Å²) in [6, 6.07) is 1.98. The minimum absolute atomic E-state index is 0.0109. The van der Waals surface area contributed by atoms with Crippen molar-refractivity contribution in [3.8, 4) is 0 Å². The molecular formula is C16H20Cl2N2O7S. The lowest BCUT2D eigenvalue weighted by atomic mass is 10.2. The number of benzene rings is 1. The molecule has 2 unspecified atom stereocenters. The van der Waals surface area contributed by atoms with Gasteiger partial charge in [0.25, 0.3) is 5.91 Å². The van der Waals surface area contributed by atoms with Crippen LogP contribution in [0.5, 0.6) is 0 Å². The highest BCUT2D eigenvalue weighted by Crippen LogP contribution is 2.25. The number of aliphatic hydroxyl groups is 1. The maximum atomic E-state index is 12.5. The van der Waals surface area contributed by atoms with E-state index in [1.807, 2.05) is 0 Å². The van der Waals surface area contributed by atoms with Crippen molar-refractivity contribution in [1.82, 2.24) is 9.62 Å². The minimum Gasteiger partial charge on any atom is -0.454 e. The molecule has 0 aromatic heterocycles. The molecule has 12 heteroatoms. The maximum absolute atomic E-state index is 12.5. The van der Waals surface area contributed by atoms with Crippen LogP contribution in [0.25, 0.3) is 0 Å². The number of hydrogen-bond acceptors (Lipinski definition) is 7. The van der Waals surface area contributed by atoms with Gasteiger partial charge in [0, 0.05) is 13.1 Å². The van der Waals surface area contributed by atoms with Gasteiger partial charge in [0.1, 0.15) is 6.04 Å².